The SMILES string of the molecule is Cc1nnc(NC(=O)Cn2c(-c3ccc(C(C)(C)C)cc3)nc3ccccc32)s1. The normalized spacial score (nSPS) is 11.7. The molecule has 0 aliphatic carbocycles. The number of nitrogens with one attached hydrogen (secondary N) is 1. The Hall–Kier alpha value is -3.06. The van der Waals surface area contributed by atoms with Crippen LogP contribution in [-0.4, -0.2) is 25.7 Å². The molecule has 29 heavy (non-hydrogen) atoms. The fraction of sp³-hybridized carbons (Fsp3) is 0.273. The third kappa shape index (κ3) is 4.05. The van der Waals surface area contributed by atoms with Gasteiger partial charge < -0.3 is 4.57 Å². The van der Waals surface area contributed by atoms with Crippen LogP contribution in [0.25, 0.3) is 22.4 Å². The molecular formula is C22H23N5OS. The van der Waals surface area contributed by atoms with Crippen LogP contribution in [0.2, 0.25) is 0 Å². The number of hydrogen-bond acceptors (Lipinski definition) is 5. The van der Waals surface area contributed by atoms with Crippen LogP contribution in [0.3, 0.4) is 0 Å². The first-order valence-electron chi connectivity index (χ1n) is 9.47. The van der Waals surface area contributed by atoms with Crippen LogP contribution in [0.1, 0.15) is 31.3 Å². The fourth-order valence-electron chi connectivity index (χ4n) is 3.22. The molecule has 0 unspecified atom stereocenters. The van der Waals surface area contributed by atoms with E-state index in [0.717, 1.165) is 27.4 Å². The number of imidazole rings is 1. The Morgan fingerprint density at radius 3 is 2.45 bits per heavy atom. The Kier molecular flexibility index (Phi) is 4.92. The number of aromatic nitrogens is 4. The Labute approximate surface area is 173 Å². The van der Waals surface area contributed by atoms with E-state index in [1.165, 1.54) is 16.9 Å². The summed E-state index contributed by atoms with van der Waals surface area (Å²) in [7, 11) is 0. The van der Waals surface area contributed by atoms with Gasteiger partial charge in [0.05, 0.1) is 11.0 Å². The molecule has 0 fully saturated rings. The largest absolute Gasteiger partial charge is 0.314 e. The minimum absolute atomic E-state index is 0.0818. The van der Waals surface area contributed by atoms with Gasteiger partial charge in [-0.15, -0.1) is 10.2 Å². The Morgan fingerprint density at radius 1 is 1.07 bits per heavy atom. The average molecular weight is 406 g/mol. The van der Waals surface area contributed by atoms with Crippen LogP contribution in [0.15, 0.2) is 48.5 Å². The molecule has 4 rings (SSSR count). The van der Waals surface area contributed by atoms with Gasteiger partial charge in [0.1, 0.15) is 17.4 Å². The molecule has 1 amide bonds. The zero-order chi connectivity index (χ0) is 20.6. The second-order valence-corrected chi connectivity index (χ2v) is 9.19. The minimum Gasteiger partial charge on any atom is -0.314 e. The highest BCUT2D eigenvalue weighted by Crippen LogP contribution is 2.28. The predicted molar refractivity (Wildman–Crippen MR) is 117 cm³/mol. The molecule has 7 heteroatoms. The van der Waals surface area contributed by atoms with Crippen LogP contribution in [0, 0.1) is 6.92 Å². The van der Waals surface area contributed by atoms with Gasteiger partial charge in [0.2, 0.25) is 11.0 Å². The molecule has 1 N–H and O–H groups in total. The lowest BCUT2D eigenvalue weighted by Gasteiger charge is -2.19. The number of benzene rings is 2. The summed E-state index contributed by atoms with van der Waals surface area (Å²) in [6.07, 6.45) is 0. The van der Waals surface area contributed by atoms with Gasteiger partial charge in [0.25, 0.3) is 0 Å². The van der Waals surface area contributed by atoms with E-state index in [4.69, 9.17) is 4.98 Å². The number of fused-ring (bicyclic) bond motifs is 1. The predicted octanol–water partition coefficient (Wildman–Crippen LogP) is 4.80. The van der Waals surface area contributed by atoms with Crippen molar-refractivity contribution >= 4 is 33.4 Å². The number of amides is 1. The third-order valence-electron chi connectivity index (χ3n) is 4.74. The van der Waals surface area contributed by atoms with Crippen molar-refractivity contribution in [3.05, 3.63) is 59.1 Å². The van der Waals surface area contributed by atoms with Crippen molar-refractivity contribution in [2.75, 3.05) is 5.32 Å². The zero-order valence-electron chi connectivity index (χ0n) is 16.9. The van der Waals surface area contributed by atoms with Crippen LogP contribution >= 0.6 is 11.3 Å². The standard InChI is InChI=1S/C22H23N5OS/c1-14-25-26-21(29-14)24-19(28)13-27-18-8-6-5-7-17(18)23-20(27)15-9-11-16(12-10-15)22(2,3)4/h5-12H,13H2,1-4H3,(H,24,26,28). The smallest absolute Gasteiger partial charge is 0.246 e. The summed E-state index contributed by atoms with van der Waals surface area (Å²) < 4.78 is 1.95. The number of nitrogens with zero attached hydrogens (tertiary/aromatic N) is 4. The number of aryl methyl sites for hydroxylation is 1. The molecule has 2 aromatic heterocycles. The van der Waals surface area contributed by atoms with E-state index >= 15 is 0 Å². The summed E-state index contributed by atoms with van der Waals surface area (Å²) in [5.41, 5.74) is 4.10. The van der Waals surface area contributed by atoms with E-state index in [1.54, 1.807) is 0 Å². The van der Waals surface area contributed by atoms with Crippen molar-refractivity contribution < 1.29 is 4.79 Å². The van der Waals surface area contributed by atoms with Gasteiger partial charge in [-0.25, -0.2) is 4.98 Å². The van der Waals surface area contributed by atoms with Crippen molar-refractivity contribution in [2.24, 2.45) is 0 Å². The van der Waals surface area contributed by atoms with Crippen LogP contribution in [0.5, 0.6) is 0 Å². The Morgan fingerprint density at radius 2 is 1.79 bits per heavy atom. The molecular weight excluding hydrogens is 382 g/mol. The van der Waals surface area contributed by atoms with Crippen molar-refractivity contribution in [3.63, 3.8) is 0 Å². The van der Waals surface area contributed by atoms with Gasteiger partial charge in [-0.05, 0) is 30.0 Å². The summed E-state index contributed by atoms with van der Waals surface area (Å²) in [5, 5.41) is 12.1. The molecule has 148 valence electrons. The third-order valence-corrected chi connectivity index (χ3v) is 5.49. The number of para-hydroxylation sites is 2. The molecule has 0 aliphatic rings. The van der Waals surface area contributed by atoms with Gasteiger partial charge in [0, 0.05) is 5.56 Å². The molecule has 0 saturated carbocycles. The maximum Gasteiger partial charge on any atom is 0.246 e. The molecule has 0 bridgehead atoms. The second kappa shape index (κ2) is 7.40. The molecule has 0 spiro atoms. The van der Waals surface area contributed by atoms with Crippen LogP contribution < -0.4 is 5.32 Å². The molecule has 4 aromatic rings. The van der Waals surface area contributed by atoms with E-state index in [9.17, 15) is 4.79 Å². The van der Waals surface area contributed by atoms with Gasteiger partial charge in [-0.1, -0.05) is 68.5 Å². The highest BCUT2D eigenvalue weighted by atomic mass is 32.1. The van der Waals surface area contributed by atoms with Crippen LogP contribution in [0.4, 0.5) is 5.13 Å². The van der Waals surface area contributed by atoms with Gasteiger partial charge in [-0.3, -0.25) is 10.1 Å². The summed E-state index contributed by atoms with van der Waals surface area (Å²) in [6, 6.07) is 16.3. The van der Waals surface area contributed by atoms with E-state index in [-0.39, 0.29) is 17.9 Å². The van der Waals surface area contributed by atoms with E-state index in [2.05, 4.69) is 60.6 Å². The molecule has 6 nitrogen and oxygen atoms in total. The maximum absolute atomic E-state index is 12.7. The first-order valence-corrected chi connectivity index (χ1v) is 10.3. The molecule has 0 radical (unpaired) electrons. The highest BCUT2D eigenvalue weighted by Gasteiger charge is 2.18. The second-order valence-electron chi connectivity index (χ2n) is 8.01. The zero-order valence-corrected chi connectivity index (χ0v) is 17.7. The number of carbonyl (C=O) groups excluding carboxylic acids is 1. The molecule has 0 aliphatic heterocycles. The number of anilines is 1. The number of hydrogen-bond donors (Lipinski definition) is 1. The van der Waals surface area contributed by atoms with Gasteiger partial charge in [-0.2, -0.15) is 0 Å². The molecule has 0 atom stereocenters. The lowest BCUT2D eigenvalue weighted by molar-refractivity contribution is -0.116. The number of carbonyl (C=O) groups is 1. The Balaban J connectivity index is 1.70. The fourth-order valence-corrected chi connectivity index (χ4v) is 3.83. The van der Waals surface area contributed by atoms with Crippen molar-refractivity contribution in [2.45, 2.75) is 39.7 Å². The van der Waals surface area contributed by atoms with E-state index in [0.29, 0.717) is 5.13 Å². The molecule has 0 saturated heterocycles. The number of rotatable bonds is 4. The summed E-state index contributed by atoms with van der Waals surface area (Å²) in [6.45, 7) is 8.58. The van der Waals surface area contributed by atoms with E-state index in [1.807, 2.05) is 35.8 Å². The first kappa shape index (κ1) is 19.3. The van der Waals surface area contributed by atoms with Crippen molar-refractivity contribution in [1.82, 2.24) is 19.7 Å². The lowest BCUT2D eigenvalue weighted by atomic mass is 9.87. The topological polar surface area (TPSA) is 72.7 Å². The quantitative estimate of drug-likeness (QED) is 0.529. The van der Waals surface area contributed by atoms with Gasteiger partial charge in [0.15, 0.2) is 0 Å². The summed E-state index contributed by atoms with van der Waals surface area (Å²) in [4.78, 5) is 17.5. The lowest BCUT2D eigenvalue weighted by Crippen LogP contribution is -2.19. The average Bonchev–Trinajstić information content (AvgIpc) is 3.25. The van der Waals surface area contributed by atoms with Gasteiger partial charge >= 0.3 is 0 Å². The van der Waals surface area contributed by atoms with Crippen molar-refractivity contribution in [3.8, 4) is 11.4 Å². The summed E-state index contributed by atoms with van der Waals surface area (Å²) in [5.74, 6) is 0.618. The Bertz CT molecular complexity index is 1170. The van der Waals surface area contributed by atoms with E-state index < -0.39 is 0 Å². The minimum atomic E-state index is -0.156. The molecule has 2 heterocycles. The first-order chi connectivity index (χ1) is 13.8. The molecule has 2 aromatic carbocycles. The summed E-state index contributed by atoms with van der Waals surface area (Å²) >= 11 is 1.36. The van der Waals surface area contributed by atoms with Crippen LogP contribution in [-0.2, 0) is 16.8 Å². The monoisotopic (exact) mass is 405 g/mol. The maximum atomic E-state index is 12.7. The highest BCUT2D eigenvalue weighted by molar-refractivity contribution is 7.15. The van der Waals surface area contributed by atoms with Crippen molar-refractivity contribution in [1.29, 1.82) is 0 Å².